The van der Waals surface area contributed by atoms with Crippen molar-refractivity contribution in [3.05, 3.63) is 58.6 Å². The predicted molar refractivity (Wildman–Crippen MR) is 116 cm³/mol. The molecule has 0 unspecified atom stereocenters. The van der Waals surface area contributed by atoms with E-state index in [2.05, 4.69) is 25.2 Å². The van der Waals surface area contributed by atoms with Crippen LogP contribution in [0.25, 0.3) is 0 Å². The normalized spacial score (nSPS) is 15.6. The van der Waals surface area contributed by atoms with Crippen molar-refractivity contribution in [2.75, 3.05) is 11.9 Å². The van der Waals surface area contributed by atoms with Crippen LogP contribution in [-0.2, 0) is 10.2 Å². The minimum absolute atomic E-state index is 0.0648. The molecular formula is C24H27ClN2O2. The van der Waals surface area contributed by atoms with E-state index in [9.17, 15) is 10.1 Å². The SMILES string of the molecule is CC(C)COc1ccc(NC(=O)C2(c3ccccc3Cl)CCCCC2)cc1C#N. The lowest BCUT2D eigenvalue weighted by atomic mass is 9.68. The summed E-state index contributed by atoms with van der Waals surface area (Å²) in [4.78, 5) is 13.5. The lowest BCUT2D eigenvalue weighted by Crippen LogP contribution is -2.42. The van der Waals surface area contributed by atoms with Crippen LogP contribution < -0.4 is 10.1 Å². The van der Waals surface area contributed by atoms with Gasteiger partial charge in [0.05, 0.1) is 17.6 Å². The second-order valence-electron chi connectivity index (χ2n) is 8.10. The fourth-order valence-electron chi connectivity index (χ4n) is 3.95. The molecular weight excluding hydrogens is 384 g/mol. The smallest absolute Gasteiger partial charge is 0.235 e. The van der Waals surface area contributed by atoms with E-state index in [1.807, 2.05) is 24.3 Å². The molecule has 0 atom stereocenters. The largest absolute Gasteiger partial charge is 0.492 e. The van der Waals surface area contributed by atoms with Crippen molar-refractivity contribution in [1.29, 1.82) is 5.26 Å². The molecule has 0 heterocycles. The summed E-state index contributed by atoms with van der Waals surface area (Å²) in [5.41, 5.74) is 1.26. The van der Waals surface area contributed by atoms with Crippen LogP contribution in [0.5, 0.6) is 5.75 Å². The van der Waals surface area contributed by atoms with E-state index < -0.39 is 5.41 Å². The number of hydrogen-bond acceptors (Lipinski definition) is 3. The summed E-state index contributed by atoms with van der Waals surface area (Å²) < 4.78 is 5.72. The molecule has 2 aromatic rings. The Bertz CT molecular complexity index is 911. The average molecular weight is 411 g/mol. The average Bonchev–Trinajstić information content (AvgIpc) is 2.73. The standard InChI is InChI=1S/C24H27ClN2O2/c1-17(2)16-29-22-11-10-19(14-18(22)15-26)27-23(28)24(12-6-3-7-13-24)20-8-4-5-9-21(20)25/h4-5,8-11,14,17H,3,6-7,12-13,16H2,1-2H3,(H,27,28). The first-order valence-corrected chi connectivity index (χ1v) is 10.6. The molecule has 0 bridgehead atoms. The van der Waals surface area contributed by atoms with Gasteiger partial charge in [-0.05, 0) is 48.6 Å². The molecule has 5 heteroatoms. The van der Waals surface area contributed by atoms with E-state index in [1.54, 1.807) is 18.2 Å². The lowest BCUT2D eigenvalue weighted by Gasteiger charge is -2.37. The molecule has 1 saturated carbocycles. The fourth-order valence-corrected chi connectivity index (χ4v) is 4.27. The topological polar surface area (TPSA) is 62.1 Å². The highest BCUT2D eigenvalue weighted by molar-refractivity contribution is 6.31. The summed E-state index contributed by atoms with van der Waals surface area (Å²) in [7, 11) is 0. The summed E-state index contributed by atoms with van der Waals surface area (Å²) in [6.07, 6.45) is 4.64. The highest BCUT2D eigenvalue weighted by Gasteiger charge is 2.42. The number of hydrogen-bond donors (Lipinski definition) is 1. The van der Waals surface area contributed by atoms with Crippen LogP contribution in [0.3, 0.4) is 0 Å². The third kappa shape index (κ3) is 4.74. The summed E-state index contributed by atoms with van der Waals surface area (Å²) in [5.74, 6) is 0.838. The van der Waals surface area contributed by atoms with Crippen molar-refractivity contribution in [2.24, 2.45) is 5.92 Å². The van der Waals surface area contributed by atoms with Crippen molar-refractivity contribution in [3.8, 4) is 11.8 Å². The van der Waals surface area contributed by atoms with Gasteiger partial charge in [0.1, 0.15) is 11.8 Å². The maximum absolute atomic E-state index is 13.5. The van der Waals surface area contributed by atoms with Gasteiger partial charge in [0.2, 0.25) is 5.91 Å². The van der Waals surface area contributed by atoms with Gasteiger partial charge in [0.15, 0.2) is 0 Å². The van der Waals surface area contributed by atoms with Crippen molar-refractivity contribution in [1.82, 2.24) is 0 Å². The highest BCUT2D eigenvalue weighted by atomic mass is 35.5. The first-order valence-electron chi connectivity index (χ1n) is 10.2. The Kier molecular flexibility index (Phi) is 6.82. The molecule has 29 heavy (non-hydrogen) atoms. The first kappa shape index (κ1) is 21.2. The molecule has 0 radical (unpaired) electrons. The molecule has 0 aromatic heterocycles. The lowest BCUT2D eigenvalue weighted by molar-refractivity contribution is -0.122. The number of anilines is 1. The number of carbonyl (C=O) groups is 1. The van der Waals surface area contributed by atoms with Gasteiger partial charge in [-0.25, -0.2) is 0 Å². The molecule has 152 valence electrons. The Balaban J connectivity index is 1.87. The molecule has 1 aliphatic rings. The molecule has 1 N–H and O–H groups in total. The molecule has 4 nitrogen and oxygen atoms in total. The molecule has 1 fully saturated rings. The minimum Gasteiger partial charge on any atom is -0.492 e. The van der Waals surface area contributed by atoms with Crippen LogP contribution in [0, 0.1) is 17.2 Å². The maximum atomic E-state index is 13.5. The number of rotatable bonds is 6. The number of nitrogens with zero attached hydrogens (tertiary/aromatic N) is 1. The van der Waals surface area contributed by atoms with Gasteiger partial charge in [0, 0.05) is 10.7 Å². The van der Waals surface area contributed by atoms with Gasteiger partial charge < -0.3 is 10.1 Å². The first-order chi connectivity index (χ1) is 14.0. The predicted octanol–water partition coefficient (Wildman–Crippen LogP) is 6.09. The van der Waals surface area contributed by atoms with E-state index >= 15 is 0 Å². The number of halogens is 1. The second kappa shape index (κ2) is 9.33. The third-order valence-electron chi connectivity index (χ3n) is 5.46. The summed E-state index contributed by atoms with van der Waals surface area (Å²) in [6, 6.07) is 15.0. The molecule has 1 aliphatic carbocycles. The molecule has 3 rings (SSSR count). The van der Waals surface area contributed by atoms with Crippen LogP contribution >= 0.6 is 11.6 Å². The monoisotopic (exact) mass is 410 g/mol. The Morgan fingerprint density at radius 2 is 1.93 bits per heavy atom. The third-order valence-corrected chi connectivity index (χ3v) is 5.79. The molecule has 0 saturated heterocycles. The van der Waals surface area contributed by atoms with Gasteiger partial charge >= 0.3 is 0 Å². The van der Waals surface area contributed by atoms with Gasteiger partial charge in [0.25, 0.3) is 0 Å². The minimum atomic E-state index is -0.643. The maximum Gasteiger partial charge on any atom is 0.235 e. The Morgan fingerprint density at radius 3 is 2.59 bits per heavy atom. The van der Waals surface area contributed by atoms with Crippen LogP contribution in [0.15, 0.2) is 42.5 Å². The van der Waals surface area contributed by atoms with Crippen LogP contribution in [0.1, 0.15) is 57.1 Å². The number of benzene rings is 2. The van der Waals surface area contributed by atoms with Crippen LogP contribution in [-0.4, -0.2) is 12.5 Å². The molecule has 0 aliphatic heterocycles. The Hall–Kier alpha value is -2.51. The van der Waals surface area contributed by atoms with Crippen molar-refractivity contribution in [3.63, 3.8) is 0 Å². The van der Waals surface area contributed by atoms with Gasteiger partial charge in [-0.3, -0.25) is 4.79 Å². The Morgan fingerprint density at radius 1 is 1.21 bits per heavy atom. The van der Waals surface area contributed by atoms with Crippen molar-refractivity contribution >= 4 is 23.2 Å². The van der Waals surface area contributed by atoms with Crippen molar-refractivity contribution in [2.45, 2.75) is 51.4 Å². The summed E-state index contributed by atoms with van der Waals surface area (Å²) in [6.45, 7) is 4.65. The highest BCUT2D eigenvalue weighted by Crippen LogP contribution is 2.43. The van der Waals surface area contributed by atoms with E-state index in [1.165, 1.54) is 0 Å². The van der Waals surface area contributed by atoms with Gasteiger partial charge in [-0.15, -0.1) is 0 Å². The number of nitriles is 1. The van der Waals surface area contributed by atoms with E-state index in [4.69, 9.17) is 16.3 Å². The van der Waals surface area contributed by atoms with Gasteiger partial charge in [-0.1, -0.05) is 62.9 Å². The molecule has 2 aromatic carbocycles. The van der Waals surface area contributed by atoms with E-state index in [-0.39, 0.29) is 5.91 Å². The molecule has 0 spiro atoms. The Labute approximate surface area is 177 Å². The van der Waals surface area contributed by atoms with Gasteiger partial charge in [-0.2, -0.15) is 5.26 Å². The van der Waals surface area contributed by atoms with Crippen LogP contribution in [0.4, 0.5) is 5.69 Å². The van der Waals surface area contributed by atoms with E-state index in [0.717, 1.165) is 37.7 Å². The van der Waals surface area contributed by atoms with Crippen molar-refractivity contribution < 1.29 is 9.53 Å². The van der Waals surface area contributed by atoms with E-state index in [0.29, 0.717) is 34.5 Å². The van der Waals surface area contributed by atoms with Crippen LogP contribution in [0.2, 0.25) is 5.02 Å². The zero-order valence-electron chi connectivity index (χ0n) is 17.0. The second-order valence-corrected chi connectivity index (χ2v) is 8.51. The summed E-state index contributed by atoms with van der Waals surface area (Å²) >= 11 is 6.48. The zero-order valence-corrected chi connectivity index (χ0v) is 17.8. The fraction of sp³-hybridized carbons (Fsp3) is 0.417. The quantitative estimate of drug-likeness (QED) is 0.626. The number of ether oxygens (including phenoxy) is 1. The number of amides is 1. The summed E-state index contributed by atoms with van der Waals surface area (Å²) in [5, 5.41) is 13.2. The zero-order chi connectivity index (χ0) is 20.9. The number of nitrogens with one attached hydrogen (secondary N) is 1. The molecule has 1 amide bonds. The number of carbonyl (C=O) groups excluding carboxylic acids is 1.